The molecule has 1 heterocycles. The van der Waals surface area contributed by atoms with Gasteiger partial charge in [-0.3, -0.25) is 0 Å². The number of benzene rings is 2. The van der Waals surface area contributed by atoms with Crippen molar-refractivity contribution in [1.29, 1.82) is 0 Å². The first-order valence-corrected chi connectivity index (χ1v) is 8.12. The third kappa shape index (κ3) is 3.56. The second-order valence-corrected chi connectivity index (χ2v) is 5.70. The SMILES string of the molecule is CCc1nc(CNC(=O)N[C@H](C)c2cccc3ccccc23)co1. The molecule has 2 N–H and O–H groups in total. The fourth-order valence-electron chi connectivity index (χ4n) is 2.72. The zero-order valence-electron chi connectivity index (χ0n) is 13.9. The van der Waals surface area contributed by atoms with Crippen LogP contribution in [0.1, 0.15) is 37.0 Å². The van der Waals surface area contributed by atoms with Gasteiger partial charge >= 0.3 is 6.03 Å². The summed E-state index contributed by atoms with van der Waals surface area (Å²) in [7, 11) is 0. The summed E-state index contributed by atoms with van der Waals surface area (Å²) < 4.78 is 5.26. The van der Waals surface area contributed by atoms with E-state index in [1.807, 2.05) is 38.1 Å². The number of hydrogen-bond acceptors (Lipinski definition) is 3. The zero-order chi connectivity index (χ0) is 16.9. The van der Waals surface area contributed by atoms with E-state index in [9.17, 15) is 4.79 Å². The fraction of sp³-hybridized carbons (Fsp3) is 0.263. The topological polar surface area (TPSA) is 67.2 Å². The summed E-state index contributed by atoms with van der Waals surface area (Å²) in [5, 5.41) is 8.10. The first kappa shape index (κ1) is 16.1. The molecule has 0 aliphatic heterocycles. The molecule has 24 heavy (non-hydrogen) atoms. The van der Waals surface area contributed by atoms with Crippen LogP contribution in [0.2, 0.25) is 0 Å². The molecule has 2 amide bonds. The molecule has 124 valence electrons. The standard InChI is InChI=1S/C19H21N3O2/c1-3-18-22-15(12-24-18)11-20-19(23)21-13(2)16-10-6-8-14-7-4-5-9-17(14)16/h4-10,12-13H,3,11H2,1-2H3,(H2,20,21,23)/t13-/m1/s1. The van der Waals surface area contributed by atoms with E-state index < -0.39 is 0 Å². The van der Waals surface area contributed by atoms with Crippen molar-refractivity contribution in [3.8, 4) is 0 Å². The van der Waals surface area contributed by atoms with E-state index in [1.165, 1.54) is 5.39 Å². The number of aromatic nitrogens is 1. The molecule has 0 unspecified atom stereocenters. The van der Waals surface area contributed by atoms with Crippen molar-refractivity contribution in [3.05, 3.63) is 65.9 Å². The summed E-state index contributed by atoms with van der Waals surface area (Å²) in [6.07, 6.45) is 2.32. The number of oxazole rings is 1. The highest BCUT2D eigenvalue weighted by molar-refractivity contribution is 5.86. The first-order valence-electron chi connectivity index (χ1n) is 8.12. The van der Waals surface area contributed by atoms with Crippen LogP contribution in [-0.4, -0.2) is 11.0 Å². The van der Waals surface area contributed by atoms with Crippen LogP contribution in [0.4, 0.5) is 4.79 Å². The molecule has 0 saturated heterocycles. The second-order valence-electron chi connectivity index (χ2n) is 5.70. The van der Waals surface area contributed by atoms with Crippen molar-refractivity contribution in [2.45, 2.75) is 32.9 Å². The number of aryl methyl sites for hydroxylation is 1. The van der Waals surface area contributed by atoms with Crippen LogP contribution in [0, 0.1) is 0 Å². The van der Waals surface area contributed by atoms with Crippen LogP contribution >= 0.6 is 0 Å². The number of fused-ring (bicyclic) bond motifs is 1. The highest BCUT2D eigenvalue weighted by Crippen LogP contribution is 2.23. The van der Waals surface area contributed by atoms with Crippen LogP contribution in [-0.2, 0) is 13.0 Å². The number of amides is 2. The Balaban J connectivity index is 1.63. The minimum atomic E-state index is -0.225. The van der Waals surface area contributed by atoms with Gasteiger partial charge in [-0.15, -0.1) is 0 Å². The average molecular weight is 323 g/mol. The molecule has 0 radical (unpaired) electrons. The van der Waals surface area contributed by atoms with E-state index in [4.69, 9.17) is 4.42 Å². The summed E-state index contributed by atoms with van der Waals surface area (Å²) >= 11 is 0. The van der Waals surface area contributed by atoms with Gasteiger partial charge in [-0.05, 0) is 23.3 Å². The Kier molecular flexibility index (Phi) is 4.79. The van der Waals surface area contributed by atoms with Gasteiger partial charge < -0.3 is 15.1 Å². The van der Waals surface area contributed by atoms with E-state index in [2.05, 4.69) is 33.8 Å². The van der Waals surface area contributed by atoms with E-state index in [0.717, 1.165) is 23.1 Å². The highest BCUT2D eigenvalue weighted by Gasteiger charge is 2.12. The summed E-state index contributed by atoms with van der Waals surface area (Å²) in [4.78, 5) is 16.4. The Morgan fingerprint density at radius 1 is 1.21 bits per heavy atom. The number of nitrogens with zero attached hydrogens (tertiary/aromatic N) is 1. The Hall–Kier alpha value is -2.82. The molecule has 0 aliphatic rings. The molecule has 3 rings (SSSR count). The van der Waals surface area contributed by atoms with Crippen LogP contribution in [0.5, 0.6) is 0 Å². The number of hydrogen-bond donors (Lipinski definition) is 2. The molecule has 0 saturated carbocycles. The Morgan fingerprint density at radius 2 is 2.00 bits per heavy atom. The summed E-state index contributed by atoms with van der Waals surface area (Å²) in [5.41, 5.74) is 1.82. The van der Waals surface area contributed by atoms with Crippen LogP contribution in [0.15, 0.2) is 53.1 Å². The smallest absolute Gasteiger partial charge is 0.315 e. The number of rotatable bonds is 5. The molecule has 2 aromatic carbocycles. The zero-order valence-corrected chi connectivity index (χ0v) is 13.9. The van der Waals surface area contributed by atoms with Gasteiger partial charge in [-0.1, -0.05) is 49.4 Å². The predicted molar refractivity (Wildman–Crippen MR) is 93.6 cm³/mol. The van der Waals surface area contributed by atoms with Gasteiger partial charge in [0.1, 0.15) is 6.26 Å². The molecular weight excluding hydrogens is 302 g/mol. The van der Waals surface area contributed by atoms with Crippen molar-refractivity contribution in [2.24, 2.45) is 0 Å². The lowest BCUT2D eigenvalue weighted by Gasteiger charge is -2.17. The van der Waals surface area contributed by atoms with Crippen molar-refractivity contribution in [3.63, 3.8) is 0 Å². The predicted octanol–water partition coefficient (Wildman–Crippen LogP) is 3.95. The normalized spacial score (nSPS) is 12.1. The first-order chi connectivity index (χ1) is 11.7. The maximum atomic E-state index is 12.1. The monoisotopic (exact) mass is 323 g/mol. The molecule has 0 fully saturated rings. The van der Waals surface area contributed by atoms with E-state index in [-0.39, 0.29) is 12.1 Å². The molecule has 0 aliphatic carbocycles. The van der Waals surface area contributed by atoms with E-state index in [0.29, 0.717) is 12.4 Å². The molecule has 0 spiro atoms. The lowest BCUT2D eigenvalue weighted by Crippen LogP contribution is -2.36. The van der Waals surface area contributed by atoms with E-state index >= 15 is 0 Å². The molecular formula is C19H21N3O2. The maximum Gasteiger partial charge on any atom is 0.315 e. The third-order valence-electron chi connectivity index (χ3n) is 3.97. The van der Waals surface area contributed by atoms with Gasteiger partial charge in [-0.2, -0.15) is 0 Å². The summed E-state index contributed by atoms with van der Waals surface area (Å²) in [5.74, 6) is 0.677. The van der Waals surface area contributed by atoms with Crippen molar-refractivity contribution in [2.75, 3.05) is 0 Å². The van der Waals surface area contributed by atoms with Gasteiger partial charge in [0.2, 0.25) is 0 Å². The van der Waals surface area contributed by atoms with Gasteiger partial charge in [0.05, 0.1) is 18.3 Å². The number of nitrogens with one attached hydrogen (secondary N) is 2. The Labute approximate surface area is 141 Å². The number of carbonyl (C=O) groups is 1. The van der Waals surface area contributed by atoms with Gasteiger partial charge in [-0.25, -0.2) is 9.78 Å². The Morgan fingerprint density at radius 3 is 2.79 bits per heavy atom. The molecule has 3 aromatic rings. The van der Waals surface area contributed by atoms with Crippen LogP contribution < -0.4 is 10.6 Å². The summed E-state index contributed by atoms with van der Waals surface area (Å²) in [6.45, 7) is 4.30. The van der Waals surface area contributed by atoms with E-state index in [1.54, 1.807) is 6.26 Å². The lowest BCUT2D eigenvalue weighted by atomic mass is 10.00. The van der Waals surface area contributed by atoms with Crippen LogP contribution in [0.25, 0.3) is 10.8 Å². The maximum absolute atomic E-state index is 12.1. The lowest BCUT2D eigenvalue weighted by molar-refractivity contribution is 0.237. The fourth-order valence-corrected chi connectivity index (χ4v) is 2.72. The van der Waals surface area contributed by atoms with Crippen molar-refractivity contribution in [1.82, 2.24) is 15.6 Å². The minimum Gasteiger partial charge on any atom is -0.449 e. The molecule has 5 nitrogen and oxygen atoms in total. The number of urea groups is 1. The van der Waals surface area contributed by atoms with Gasteiger partial charge in [0, 0.05) is 6.42 Å². The van der Waals surface area contributed by atoms with Crippen LogP contribution in [0.3, 0.4) is 0 Å². The largest absolute Gasteiger partial charge is 0.449 e. The number of carbonyl (C=O) groups excluding carboxylic acids is 1. The van der Waals surface area contributed by atoms with Gasteiger partial charge in [0.25, 0.3) is 0 Å². The minimum absolute atomic E-state index is 0.0976. The molecule has 5 heteroatoms. The molecule has 1 aromatic heterocycles. The highest BCUT2D eigenvalue weighted by atomic mass is 16.3. The molecule has 1 atom stereocenters. The second kappa shape index (κ2) is 7.17. The van der Waals surface area contributed by atoms with Crippen molar-refractivity contribution < 1.29 is 9.21 Å². The molecule has 0 bridgehead atoms. The quantitative estimate of drug-likeness (QED) is 0.747. The van der Waals surface area contributed by atoms with Crippen molar-refractivity contribution >= 4 is 16.8 Å². The third-order valence-corrected chi connectivity index (χ3v) is 3.97. The Bertz CT molecular complexity index is 836. The van der Waals surface area contributed by atoms with Gasteiger partial charge in [0.15, 0.2) is 5.89 Å². The summed E-state index contributed by atoms with van der Waals surface area (Å²) in [6, 6.07) is 14.0. The average Bonchev–Trinajstić information content (AvgIpc) is 3.07.